The molecule has 2 aliphatic rings. The lowest BCUT2D eigenvalue weighted by Gasteiger charge is -2.13. The zero-order chi connectivity index (χ0) is 18.6. The number of fused-ring (bicyclic) bond motifs is 2. The highest BCUT2D eigenvalue weighted by molar-refractivity contribution is 6.36. The molecule has 0 radical (unpaired) electrons. The molecule has 4 rings (SSSR count). The van der Waals surface area contributed by atoms with Crippen LogP contribution in [0.1, 0.15) is 46.9 Å². The lowest BCUT2D eigenvalue weighted by atomic mass is 10.0. The van der Waals surface area contributed by atoms with Crippen molar-refractivity contribution in [1.82, 2.24) is 0 Å². The molecule has 2 nitrogen and oxygen atoms in total. The van der Waals surface area contributed by atoms with E-state index in [4.69, 9.17) is 0 Å². The molecule has 2 atom stereocenters. The summed E-state index contributed by atoms with van der Waals surface area (Å²) >= 11 is 0. The van der Waals surface area contributed by atoms with Crippen LogP contribution in [0, 0.1) is 0 Å². The van der Waals surface area contributed by atoms with E-state index in [0.717, 1.165) is 12.8 Å². The van der Waals surface area contributed by atoms with Crippen LogP contribution in [0.3, 0.4) is 0 Å². The molecule has 2 aromatic rings. The normalized spacial score (nSPS) is 20.7. The molecule has 140 valence electrons. The molecule has 2 aromatic carbocycles. The lowest BCUT2D eigenvalue weighted by Crippen LogP contribution is -2.03. The topological polar surface area (TPSA) is 40.5 Å². The van der Waals surface area contributed by atoms with E-state index >= 15 is 0 Å². The van der Waals surface area contributed by atoms with Crippen molar-refractivity contribution >= 4 is 20.7 Å². The third-order valence-corrected chi connectivity index (χ3v) is 8.07. The van der Waals surface area contributed by atoms with E-state index in [-0.39, 0.29) is 22.7 Å². The van der Waals surface area contributed by atoms with Gasteiger partial charge < -0.3 is 10.2 Å². The number of allylic oxidation sites excluding steroid dienone is 2. The van der Waals surface area contributed by atoms with Gasteiger partial charge in [-0.15, -0.1) is 0 Å². The van der Waals surface area contributed by atoms with Gasteiger partial charge in [-0.25, -0.2) is 0 Å². The van der Waals surface area contributed by atoms with Gasteiger partial charge in [-0.2, -0.15) is 0 Å². The summed E-state index contributed by atoms with van der Waals surface area (Å²) in [6, 6.07) is 20.0. The van der Waals surface area contributed by atoms with Crippen LogP contribution in [0.4, 0.5) is 0 Å². The second kappa shape index (κ2) is 8.38. The molecule has 2 unspecified atom stereocenters. The van der Waals surface area contributed by atoms with E-state index < -0.39 is 0 Å². The molecule has 2 N–H and O–H groups in total. The van der Waals surface area contributed by atoms with E-state index in [0.29, 0.717) is 11.8 Å². The predicted molar refractivity (Wildman–Crippen MR) is 116 cm³/mol. The van der Waals surface area contributed by atoms with Crippen LogP contribution >= 0.6 is 0 Å². The quantitative estimate of drug-likeness (QED) is 0.681. The van der Waals surface area contributed by atoms with Crippen molar-refractivity contribution in [3.63, 3.8) is 0 Å². The molecule has 0 saturated carbocycles. The maximum atomic E-state index is 9.36. The summed E-state index contributed by atoms with van der Waals surface area (Å²) < 4.78 is 0. The Hall–Kier alpha value is -1.94. The second-order valence-electron chi connectivity index (χ2n) is 7.65. The number of aliphatic hydroxyl groups is 2. The predicted octanol–water partition coefficient (Wildman–Crippen LogP) is 4.12. The fourth-order valence-corrected chi connectivity index (χ4v) is 6.85. The zero-order valence-electron chi connectivity index (χ0n) is 15.8. The van der Waals surface area contributed by atoms with Gasteiger partial charge in [0.2, 0.25) is 0 Å². The molecule has 0 aliphatic heterocycles. The minimum absolute atomic E-state index is 0.214. The minimum Gasteiger partial charge on any atom is -0.396 e. The van der Waals surface area contributed by atoms with Gasteiger partial charge in [-0.3, -0.25) is 0 Å². The van der Waals surface area contributed by atoms with Gasteiger partial charge in [0.1, 0.15) is 0 Å². The largest absolute Gasteiger partial charge is 0.396 e. The Balaban J connectivity index is 1.43. The molecule has 0 saturated heterocycles. The summed E-state index contributed by atoms with van der Waals surface area (Å²) in [7, 11) is -0.214. The zero-order valence-corrected chi connectivity index (χ0v) is 17.2. The van der Waals surface area contributed by atoms with Crippen LogP contribution in [0.15, 0.2) is 60.7 Å². The molecule has 0 bridgehead atoms. The molecule has 2 aliphatic carbocycles. The van der Waals surface area contributed by atoms with Crippen molar-refractivity contribution in [3.8, 4) is 0 Å². The van der Waals surface area contributed by atoms with Crippen molar-refractivity contribution < 1.29 is 10.2 Å². The van der Waals surface area contributed by atoms with Crippen molar-refractivity contribution in [1.29, 1.82) is 0 Å². The molecule has 0 spiro atoms. The van der Waals surface area contributed by atoms with E-state index in [1.807, 2.05) is 0 Å². The van der Waals surface area contributed by atoms with Gasteiger partial charge in [0.25, 0.3) is 0 Å². The van der Waals surface area contributed by atoms with Crippen LogP contribution < -0.4 is 0 Å². The highest BCUT2D eigenvalue weighted by atomic mass is 28.2. The first kappa shape index (κ1) is 18.4. The van der Waals surface area contributed by atoms with Gasteiger partial charge in [-0.05, 0) is 46.2 Å². The Morgan fingerprint density at radius 1 is 0.667 bits per heavy atom. The smallest absolute Gasteiger partial charge is 0.0471 e. The van der Waals surface area contributed by atoms with Crippen molar-refractivity contribution in [2.24, 2.45) is 0 Å². The standard InChI is InChI=1S/C24H28O2Si/c25-11-9-17-13-19(23-7-3-1-5-21(17)23)15-27-16-20-14-18(10-12-26)22-6-2-4-8-24(20)22/h1-8,13-14,19-20,25-26H,9-12,15-16,27H2. The molecule has 0 fully saturated rings. The second-order valence-corrected chi connectivity index (χ2v) is 9.51. The Bertz CT molecular complexity index is 797. The van der Waals surface area contributed by atoms with Crippen LogP contribution in [0.25, 0.3) is 11.1 Å². The highest BCUT2D eigenvalue weighted by Crippen LogP contribution is 2.42. The fraction of sp³-hybridized carbons (Fsp3) is 0.333. The van der Waals surface area contributed by atoms with Crippen LogP contribution in [-0.4, -0.2) is 32.9 Å². The SMILES string of the molecule is OCCC1=CC(C[SiH2]CC2C=C(CCO)c3ccccc32)c2ccccc21. The van der Waals surface area contributed by atoms with Crippen LogP contribution in [-0.2, 0) is 0 Å². The molecular weight excluding hydrogens is 348 g/mol. The van der Waals surface area contributed by atoms with E-state index in [1.165, 1.54) is 45.5 Å². The third-order valence-electron chi connectivity index (χ3n) is 6.01. The molecule has 0 aromatic heterocycles. The molecule has 3 heteroatoms. The van der Waals surface area contributed by atoms with Crippen LogP contribution in [0.5, 0.6) is 0 Å². The lowest BCUT2D eigenvalue weighted by molar-refractivity contribution is 0.304. The molecule has 0 heterocycles. The van der Waals surface area contributed by atoms with Crippen molar-refractivity contribution in [2.75, 3.05) is 13.2 Å². The monoisotopic (exact) mass is 376 g/mol. The van der Waals surface area contributed by atoms with Gasteiger partial charge in [-0.1, -0.05) is 72.8 Å². The van der Waals surface area contributed by atoms with Crippen molar-refractivity contribution in [3.05, 3.63) is 82.9 Å². The summed E-state index contributed by atoms with van der Waals surface area (Å²) in [5.41, 5.74) is 8.25. The summed E-state index contributed by atoms with van der Waals surface area (Å²) in [4.78, 5) is 0. The first-order valence-corrected chi connectivity index (χ1v) is 12.1. The van der Waals surface area contributed by atoms with Crippen molar-refractivity contribution in [2.45, 2.75) is 36.8 Å². The Kier molecular flexibility index (Phi) is 5.72. The Labute approximate surface area is 164 Å². The average Bonchev–Trinajstić information content (AvgIpc) is 3.22. The summed E-state index contributed by atoms with van der Waals surface area (Å²) in [6.07, 6.45) is 6.34. The third kappa shape index (κ3) is 3.72. The number of hydrogen-bond acceptors (Lipinski definition) is 2. The first-order chi connectivity index (χ1) is 13.3. The minimum atomic E-state index is -0.214. The van der Waals surface area contributed by atoms with Gasteiger partial charge in [0, 0.05) is 34.6 Å². The maximum Gasteiger partial charge on any atom is 0.0471 e. The molecule has 0 amide bonds. The number of aliphatic hydroxyl groups excluding tert-OH is 2. The Morgan fingerprint density at radius 3 is 1.56 bits per heavy atom. The summed E-state index contributed by atoms with van der Waals surface area (Å²) in [6.45, 7) is 0.448. The van der Waals surface area contributed by atoms with Gasteiger partial charge >= 0.3 is 0 Å². The van der Waals surface area contributed by atoms with E-state index in [9.17, 15) is 10.2 Å². The first-order valence-electron chi connectivity index (χ1n) is 10.1. The number of hydrogen-bond donors (Lipinski definition) is 2. The maximum absolute atomic E-state index is 9.36. The number of rotatable bonds is 8. The molecule has 27 heavy (non-hydrogen) atoms. The summed E-state index contributed by atoms with van der Waals surface area (Å²) in [5, 5.41) is 18.7. The fourth-order valence-electron chi connectivity index (χ4n) is 4.78. The van der Waals surface area contributed by atoms with Gasteiger partial charge in [0.15, 0.2) is 0 Å². The van der Waals surface area contributed by atoms with E-state index in [2.05, 4.69) is 60.7 Å². The van der Waals surface area contributed by atoms with Crippen LogP contribution in [0.2, 0.25) is 12.1 Å². The average molecular weight is 377 g/mol. The summed E-state index contributed by atoms with van der Waals surface area (Å²) in [5.74, 6) is 1.07. The Morgan fingerprint density at radius 2 is 1.11 bits per heavy atom. The number of benzene rings is 2. The van der Waals surface area contributed by atoms with Gasteiger partial charge in [0.05, 0.1) is 0 Å². The van der Waals surface area contributed by atoms with E-state index in [1.54, 1.807) is 0 Å². The highest BCUT2D eigenvalue weighted by Gasteiger charge is 2.25. The molecular formula is C24H28O2Si.